The van der Waals surface area contributed by atoms with E-state index in [1.807, 2.05) is 6.92 Å². The van der Waals surface area contributed by atoms with Gasteiger partial charge in [0.2, 0.25) is 0 Å². The minimum absolute atomic E-state index is 0.00510. The van der Waals surface area contributed by atoms with Gasteiger partial charge in [-0.1, -0.05) is 115 Å². The van der Waals surface area contributed by atoms with Gasteiger partial charge in [-0.15, -0.1) is 0 Å². The summed E-state index contributed by atoms with van der Waals surface area (Å²) in [5.74, 6) is 0.0104. The average molecular weight is 757 g/mol. The van der Waals surface area contributed by atoms with Crippen LogP contribution >= 0.6 is 0 Å². The molecule has 0 amide bonds. The summed E-state index contributed by atoms with van der Waals surface area (Å²) in [5.41, 5.74) is 0. The Kier molecular flexibility index (Phi) is 34.5. The van der Waals surface area contributed by atoms with Crippen LogP contribution < -0.4 is 0 Å². The van der Waals surface area contributed by atoms with Crippen molar-refractivity contribution in [3.05, 3.63) is 36.5 Å². The molecule has 6 nitrogen and oxygen atoms in total. The summed E-state index contributed by atoms with van der Waals surface area (Å²) in [7, 11) is 0. The fourth-order valence-electron chi connectivity index (χ4n) is 7.09. The topological polar surface area (TPSA) is 78.9 Å². The molecule has 3 heterocycles. The van der Waals surface area contributed by atoms with E-state index in [-0.39, 0.29) is 36.2 Å². The molecule has 0 aliphatic carbocycles. The molecular formula is C48H84O6. The smallest absolute Gasteiger partial charge is 0.306 e. The number of carbonyl (C=O) groups is 3. The number of hydrogen-bond acceptors (Lipinski definition) is 6. The Morgan fingerprint density at radius 1 is 0.426 bits per heavy atom. The summed E-state index contributed by atoms with van der Waals surface area (Å²) in [6, 6.07) is 0. The Labute approximate surface area is 333 Å². The highest BCUT2D eigenvalue weighted by Crippen LogP contribution is 2.17. The summed E-state index contributed by atoms with van der Waals surface area (Å²) in [6.45, 7) is 6.26. The monoisotopic (exact) mass is 757 g/mol. The number of esters is 3. The van der Waals surface area contributed by atoms with Crippen LogP contribution in [0.5, 0.6) is 0 Å². The first-order chi connectivity index (χ1) is 26.4. The summed E-state index contributed by atoms with van der Waals surface area (Å²) in [5, 5.41) is 0. The minimum atomic E-state index is -0.00510. The molecular weight excluding hydrogens is 673 g/mol. The van der Waals surface area contributed by atoms with Crippen molar-refractivity contribution in [2.24, 2.45) is 0 Å². The molecule has 0 bridgehead atoms. The van der Waals surface area contributed by atoms with E-state index in [9.17, 15) is 14.4 Å². The Hall–Kier alpha value is -2.37. The van der Waals surface area contributed by atoms with Crippen LogP contribution in [0.15, 0.2) is 36.5 Å². The predicted molar refractivity (Wildman–Crippen MR) is 226 cm³/mol. The van der Waals surface area contributed by atoms with Crippen molar-refractivity contribution in [3.63, 3.8) is 0 Å². The van der Waals surface area contributed by atoms with Gasteiger partial charge >= 0.3 is 17.9 Å². The standard InChI is InChI=1S/3C16H28O2/c1-15-13-11-9-7-5-3-2-4-6-8-10-12-14-16(17)18-15;1-2-15-13-11-9-7-5-3-4-6-8-10-12-14-16(17)18-15;1-2-12-15-13-10-8-6-4-3-5-7-9-11-14-16(17)18-15/h3,5,15H,2,4,6-14H2,1H3;5,7,15H,2-4,6,8-14H2,1H3;6,8,15H,2-5,7,9-14H2,1H3. The van der Waals surface area contributed by atoms with Crippen LogP contribution in [0.25, 0.3) is 0 Å². The van der Waals surface area contributed by atoms with Gasteiger partial charge in [-0.2, -0.15) is 0 Å². The molecule has 3 aliphatic heterocycles. The van der Waals surface area contributed by atoms with Gasteiger partial charge in [-0.25, -0.2) is 0 Å². The molecule has 3 unspecified atom stereocenters. The second-order valence-corrected chi connectivity index (χ2v) is 15.8. The molecule has 0 N–H and O–H groups in total. The van der Waals surface area contributed by atoms with E-state index in [0.717, 1.165) is 103 Å². The number of cyclic esters (lactones) is 3. The van der Waals surface area contributed by atoms with Crippen LogP contribution in [-0.2, 0) is 28.6 Å². The second kappa shape index (κ2) is 37.5. The van der Waals surface area contributed by atoms with E-state index in [2.05, 4.69) is 50.3 Å². The lowest BCUT2D eigenvalue weighted by Crippen LogP contribution is -2.17. The average Bonchev–Trinajstić information content (AvgIpc) is 3.16. The summed E-state index contributed by atoms with van der Waals surface area (Å²) >= 11 is 0. The van der Waals surface area contributed by atoms with Crippen molar-refractivity contribution in [3.8, 4) is 0 Å². The van der Waals surface area contributed by atoms with Gasteiger partial charge in [0, 0.05) is 19.3 Å². The molecule has 312 valence electrons. The van der Waals surface area contributed by atoms with E-state index in [1.165, 1.54) is 89.9 Å². The second-order valence-electron chi connectivity index (χ2n) is 15.8. The number of rotatable bonds is 3. The summed E-state index contributed by atoms with van der Waals surface area (Å²) in [6.07, 6.45) is 50.4. The van der Waals surface area contributed by atoms with Crippen LogP contribution in [0.1, 0.15) is 233 Å². The maximum absolute atomic E-state index is 11.7. The van der Waals surface area contributed by atoms with Crippen molar-refractivity contribution < 1.29 is 28.6 Å². The van der Waals surface area contributed by atoms with Crippen LogP contribution in [0, 0.1) is 0 Å². The zero-order chi connectivity index (χ0) is 39.2. The predicted octanol–water partition coefficient (Wildman–Crippen LogP) is 14.3. The molecule has 0 aromatic rings. The molecule has 0 saturated heterocycles. The van der Waals surface area contributed by atoms with Crippen LogP contribution in [0.2, 0.25) is 0 Å². The van der Waals surface area contributed by atoms with E-state index in [0.29, 0.717) is 19.3 Å². The van der Waals surface area contributed by atoms with E-state index < -0.39 is 0 Å². The van der Waals surface area contributed by atoms with Crippen molar-refractivity contribution in [2.75, 3.05) is 0 Å². The van der Waals surface area contributed by atoms with Gasteiger partial charge < -0.3 is 14.2 Å². The first-order valence-corrected chi connectivity index (χ1v) is 23.0. The summed E-state index contributed by atoms with van der Waals surface area (Å²) in [4.78, 5) is 34.9. The molecule has 6 heteroatoms. The van der Waals surface area contributed by atoms with Crippen molar-refractivity contribution in [2.45, 2.75) is 251 Å². The third-order valence-corrected chi connectivity index (χ3v) is 10.5. The van der Waals surface area contributed by atoms with Gasteiger partial charge in [0.15, 0.2) is 0 Å². The normalized spacial score (nSPS) is 24.9. The van der Waals surface area contributed by atoms with Crippen molar-refractivity contribution >= 4 is 17.9 Å². The van der Waals surface area contributed by atoms with Crippen molar-refractivity contribution in [1.82, 2.24) is 0 Å². The van der Waals surface area contributed by atoms with Gasteiger partial charge in [0.05, 0.1) is 6.10 Å². The van der Waals surface area contributed by atoms with Crippen LogP contribution in [0.3, 0.4) is 0 Å². The Morgan fingerprint density at radius 2 is 0.815 bits per heavy atom. The lowest BCUT2D eigenvalue weighted by atomic mass is 10.1. The SMILES string of the molecule is CC1CCCCC=CCCCCCCCC(=O)O1.CCC1CCCC=CCCCCCCCC(=O)O1.CCCC1CCC=CCCCCCCCC(=O)O1. The number of carbonyl (C=O) groups excluding carboxylic acids is 3. The lowest BCUT2D eigenvalue weighted by Gasteiger charge is -2.16. The maximum Gasteiger partial charge on any atom is 0.306 e. The third kappa shape index (κ3) is 33.0. The molecule has 3 aliphatic rings. The first-order valence-electron chi connectivity index (χ1n) is 23.0. The molecule has 0 spiro atoms. The molecule has 3 rings (SSSR count). The van der Waals surface area contributed by atoms with Gasteiger partial charge in [-0.05, 0) is 135 Å². The van der Waals surface area contributed by atoms with Crippen LogP contribution in [-0.4, -0.2) is 36.2 Å². The quantitative estimate of drug-likeness (QED) is 0.162. The largest absolute Gasteiger partial charge is 0.463 e. The summed E-state index contributed by atoms with van der Waals surface area (Å²) < 4.78 is 16.5. The lowest BCUT2D eigenvalue weighted by molar-refractivity contribution is -0.150. The number of ether oxygens (including phenoxy) is 3. The fourth-order valence-corrected chi connectivity index (χ4v) is 7.09. The molecule has 54 heavy (non-hydrogen) atoms. The zero-order valence-corrected chi connectivity index (χ0v) is 35.5. The Bertz CT molecular complexity index is 984. The van der Waals surface area contributed by atoms with E-state index in [4.69, 9.17) is 14.2 Å². The van der Waals surface area contributed by atoms with E-state index >= 15 is 0 Å². The highest BCUT2D eigenvalue weighted by atomic mass is 16.5. The minimum Gasteiger partial charge on any atom is -0.463 e. The highest BCUT2D eigenvalue weighted by molar-refractivity contribution is 5.70. The van der Waals surface area contributed by atoms with Gasteiger partial charge in [-0.3, -0.25) is 14.4 Å². The number of hydrogen-bond donors (Lipinski definition) is 0. The first kappa shape index (κ1) is 49.6. The Balaban J connectivity index is 0.000000405. The molecule has 0 saturated carbocycles. The molecule has 0 aromatic carbocycles. The fraction of sp³-hybridized carbons (Fsp3) is 0.812. The van der Waals surface area contributed by atoms with Gasteiger partial charge in [0.25, 0.3) is 0 Å². The molecule has 0 fully saturated rings. The Morgan fingerprint density at radius 3 is 1.30 bits per heavy atom. The van der Waals surface area contributed by atoms with Gasteiger partial charge in [0.1, 0.15) is 12.2 Å². The molecule has 0 radical (unpaired) electrons. The third-order valence-electron chi connectivity index (χ3n) is 10.5. The van der Waals surface area contributed by atoms with Crippen LogP contribution in [0.4, 0.5) is 0 Å². The zero-order valence-electron chi connectivity index (χ0n) is 35.5. The highest BCUT2D eigenvalue weighted by Gasteiger charge is 2.14. The van der Waals surface area contributed by atoms with E-state index in [1.54, 1.807) is 0 Å². The molecule has 0 aromatic heterocycles. The maximum atomic E-state index is 11.7. The number of allylic oxidation sites excluding steroid dienone is 6. The molecule has 3 atom stereocenters. The van der Waals surface area contributed by atoms with Crippen molar-refractivity contribution in [1.29, 1.82) is 0 Å².